The van der Waals surface area contributed by atoms with E-state index in [1.807, 2.05) is 32.2 Å². The Kier molecular flexibility index (Phi) is 5.22. The Morgan fingerprint density at radius 2 is 2.00 bits per heavy atom. The smallest absolute Gasteiger partial charge is 0.226 e. The summed E-state index contributed by atoms with van der Waals surface area (Å²) in [6.45, 7) is 2.03. The molecule has 2 rings (SSSR count). The van der Waals surface area contributed by atoms with E-state index in [-0.39, 0.29) is 11.4 Å². The molecule has 1 fully saturated rings. The Labute approximate surface area is 129 Å². The summed E-state index contributed by atoms with van der Waals surface area (Å²) in [6.07, 6.45) is 6.43. The van der Waals surface area contributed by atoms with E-state index in [4.69, 9.17) is 0 Å². The number of halogens is 1. The van der Waals surface area contributed by atoms with E-state index in [1.54, 1.807) is 0 Å². The topological polar surface area (TPSA) is 41.1 Å². The summed E-state index contributed by atoms with van der Waals surface area (Å²) in [7, 11) is 1.97. The fourth-order valence-electron chi connectivity index (χ4n) is 2.98. The van der Waals surface area contributed by atoms with Crippen LogP contribution in [-0.4, -0.2) is 18.5 Å². The minimum absolute atomic E-state index is 0.0152. The van der Waals surface area contributed by atoms with Crippen molar-refractivity contribution in [3.8, 4) is 0 Å². The molecule has 2 N–H and O–H groups in total. The summed E-state index contributed by atoms with van der Waals surface area (Å²) in [5.74, 6) is 0.0903. The van der Waals surface area contributed by atoms with Crippen LogP contribution in [0.2, 0.25) is 0 Å². The summed E-state index contributed by atoms with van der Waals surface area (Å²) in [5, 5.41) is 6.42. The molecule has 1 aromatic carbocycles. The van der Waals surface area contributed by atoms with Gasteiger partial charge in [0.2, 0.25) is 5.91 Å². The van der Waals surface area contributed by atoms with Crippen LogP contribution in [-0.2, 0) is 4.79 Å². The summed E-state index contributed by atoms with van der Waals surface area (Å²) in [6, 6.07) is 5.99. The zero-order chi connectivity index (χ0) is 14.6. The van der Waals surface area contributed by atoms with E-state index >= 15 is 0 Å². The summed E-state index contributed by atoms with van der Waals surface area (Å²) < 4.78 is 0.929. The highest BCUT2D eigenvalue weighted by Gasteiger charge is 2.32. The number of rotatable bonds is 4. The van der Waals surface area contributed by atoms with Crippen LogP contribution in [0.25, 0.3) is 0 Å². The predicted octanol–water partition coefficient (Wildman–Crippen LogP) is 4.01. The van der Waals surface area contributed by atoms with Crippen molar-refractivity contribution in [3.05, 3.63) is 28.2 Å². The van der Waals surface area contributed by atoms with Crippen molar-refractivity contribution in [2.75, 3.05) is 12.4 Å². The first-order valence-electron chi connectivity index (χ1n) is 7.30. The van der Waals surface area contributed by atoms with Crippen molar-refractivity contribution in [1.82, 2.24) is 5.32 Å². The van der Waals surface area contributed by atoms with Gasteiger partial charge in [0, 0.05) is 16.4 Å². The SMILES string of the molecule is CNC1(CC(=O)Nc2cc(C)ccc2Br)CCCCC1. The van der Waals surface area contributed by atoms with Crippen molar-refractivity contribution in [1.29, 1.82) is 0 Å². The van der Waals surface area contributed by atoms with Crippen LogP contribution < -0.4 is 10.6 Å². The Bertz CT molecular complexity index is 481. The predicted molar refractivity (Wildman–Crippen MR) is 87.0 cm³/mol. The number of aryl methyl sites for hydroxylation is 1. The van der Waals surface area contributed by atoms with E-state index in [1.165, 1.54) is 19.3 Å². The maximum atomic E-state index is 12.3. The number of amides is 1. The lowest BCUT2D eigenvalue weighted by Crippen LogP contribution is -2.47. The van der Waals surface area contributed by atoms with Crippen molar-refractivity contribution < 1.29 is 4.79 Å². The van der Waals surface area contributed by atoms with Crippen LogP contribution in [0.1, 0.15) is 44.1 Å². The molecule has 1 aliphatic rings. The van der Waals surface area contributed by atoms with Gasteiger partial charge in [0.15, 0.2) is 0 Å². The van der Waals surface area contributed by atoms with Gasteiger partial charge in [-0.1, -0.05) is 25.3 Å². The molecule has 0 unspecified atom stereocenters. The van der Waals surface area contributed by atoms with Crippen LogP contribution in [0.4, 0.5) is 5.69 Å². The van der Waals surface area contributed by atoms with Gasteiger partial charge in [0.1, 0.15) is 0 Å². The molecule has 0 heterocycles. The molecule has 3 nitrogen and oxygen atoms in total. The molecule has 0 bridgehead atoms. The lowest BCUT2D eigenvalue weighted by Gasteiger charge is -2.36. The van der Waals surface area contributed by atoms with Crippen molar-refractivity contribution >= 4 is 27.5 Å². The Morgan fingerprint density at radius 1 is 1.30 bits per heavy atom. The molecule has 0 radical (unpaired) electrons. The standard InChI is InChI=1S/C16H23BrN2O/c1-12-6-7-13(17)14(10-12)19-15(20)11-16(18-2)8-4-3-5-9-16/h6-7,10,18H,3-5,8-9,11H2,1-2H3,(H,19,20). The molecular weight excluding hydrogens is 316 g/mol. The van der Waals surface area contributed by atoms with Gasteiger partial charge in [-0.15, -0.1) is 0 Å². The first-order chi connectivity index (χ1) is 9.54. The summed E-state index contributed by atoms with van der Waals surface area (Å²) in [4.78, 5) is 12.3. The molecule has 110 valence electrons. The Morgan fingerprint density at radius 3 is 2.65 bits per heavy atom. The van der Waals surface area contributed by atoms with Crippen molar-refractivity contribution in [3.63, 3.8) is 0 Å². The molecule has 0 spiro atoms. The first-order valence-corrected chi connectivity index (χ1v) is 8.09. The van der Waals surface area contributed by atoms with Gasteiger partial charge in [-0.05, 0) is 60.4 Å². The van der Waals surface area contributed by atoms with E-state index in [0.29, 0.717) is 6.42 Å². The highest BCUT2D eigenvalue weighted by Crippen LogP contribution is 2.31. The third-order valence-electron chi connectivity index (χ3n) is 4.24. The molecule has 1 aromatic rings. The third kappa shape index (κ3) is 3.83. The van der Waals surface area contributed by atoms with Crippen LogP contribution in [0.15, 0.2) is 22.7 Å². The highest BCUT2D eigenvalue weighted by atomic mass is 79.9. The molecule has 1 aliphatic carbocycles. The van der Waals surface area contributed by atoms with Gasteiger partial charge in [0.25, 0.3) is 0 Å². The number of nitrogens with one attached hydrogen (secondary N) is 2. The zero-order valence-electron chi connectivity index (χ0n) is 12.3. The zero-order valence-corrected chi connectivity index (χ0v) is 13.8. The van der Waals surface area contributed by atoms with E-state index in [2.05, 4.69) is 26.6 Å². The molecule has 20 heavy (non-hydrogen) atoms. The second kappa shape index (κ2) is 6.72. The maximum absolute atomic E-state index is 12.3. The van der Waals surface area contributed by atoms with Crippen LogP contribution in [0.5, 0.6) is 0 Å². The number of hydrogen-bond acceptors (Lipinski definition) is 2. The van der Waals surface area contributed by atoms with Gasteiger partial charge in [-0.3, -0.25) is 4.79 Å². The van der Waals surface area contributed by atoms with Crippen molar-refractivity contribution in [2.24, 2.45) is 0 Å². The molecule has 0 saturated heterocycles. The molecule has 1 amide bonds. The third-order valence-corrected chi connectivity index (χ3v) is 4.93. The van der Waals surface area contributed by atoms with Gasteiger partial charge >= 0.3 is 0 Å². The van der Waals surface area contributed by atoms with Gasteiger partial charge in [-0.2, -0.15) is 0 Å². The van der Waals surface area contributed by atoms with Crippen LogP contribution >= 0.6 is 15.9 Å². The minimum atomic E-state index is -0.0152. The largest absolute Gasteiger partial charge is 0.325 e. The Hall–Kier alpha value is -0.870. The van der Waals surface area contributed by atoms with Gasteiger partial charge in [0.05, 0.1) is 5.69 Å². The average Bonchev–Trinajstić information content (AvgIpc) is 2.44. The van der Waals surface area contributed by atoms with Crippen LogP contribution in [0, 0.1) is 6.92 Å². The quantitative estimate of drug-likeness (QED) is 0.870. The number of carbonyl (C=O) groups is 1. The monoisotopic (exact) mass is 338 g/mol. The van der Waals surface area contributed by atoms with Crippen LogP contribution in [0.3, 0.4) is 0 Å². The number of carbonyl (C=O) groups excluding carboxylic acids is 1. The normalized spacial score (nSPS) is 17.8. The summed E-state index contributed by atoms with van der Waals surface area (Å²) >= 11 is 3.48. The van der Waals surface area contributed by atoms with E-state index in [9.17, 15) is 4.79 Å². The molecule has 1 saturated carbocycles. The lowest BCUT2D eigenvalue weighted by atomic mass is 9.79. The fraction of sp³-hybridized carbons (Fsp3) is 0.562. The second-order valence-electron chi connectivity index (χ2n) is 5.80. The molecular formula is C16H23BrN2O. The average molecular weight is 339 g/mol. The highest BCUT2D eigenvalue weighted by molar-refractivity contribution is 9.10. The maximum Gasteiger partial charge on any atom is 0.226 e. The van der Waals surface area contributed by atoms with E-state index < -0.39 is 0 Å². The van der Waals surface area contributed by atoms with Gasteiger partial charge in [-0.25, -0.2) is 0 Å². The number of benzene rings is 1. The molecule has 0 aromatic heterocycles. The Balaban J connectivity index is 2.02. The molecule has 0 atom stereocenters. The lowest BCUT2D eigenvalue weighted by molar-refractivity contribution is -0.117. The minimum Gasteiger partial charge on any atom is -0.325 e. The molecule has 0 aliphatic heterocycles. The van der Waals surface area contributed by atoms with Crippen molar-refractivity contribution in [2.45, 2.75) is 51.0 Å². The van der Waals surface area contributed by atoms with Gasteiger partial charge < -0.3 is 10.6 Å². The number of anilines is 1. The first kappa shape index (κ1) is 15.5. The second-order valence-corrected chi connectivity index (χ2v) is 6.65. The van der Waals surface area contributed by atoms with E-state index in [0.717, 1.165) is 28.6 Å². The molecule has 4 heteroatoms. The fourth-order valence-corrected chi connectivity index (χ4v) is 3.33. The summed E-state index contributed by atoms with van der Waals surface area (Å²) in [5.41, 5.74) is 1.99. The number of hydrogen-bond donors (Lipinski definition) is 2.